The van der Waals surface area contributed by atoms with Crippen LogP contribution in [0.1, 0.15) is 36.8 Å². The number of hydrogen-bond donors (Lipinski definition) is 2. The number of aromatic amines is 1. The second-order valence-corrected chi connectivity index (χ2v) is 5.45. The van der Waals surface area contributed by atoms with Crippen LogP contribution < -0.4 is 5.32 Å². The van der Waals surface area contributed by atoms with Gasteiger partial charge in [-0.3, -0.25) is 4.90 Å². The third kappa shape index (κ3) is 3.09. The Kier molecular flexibility index (Phi) is 4.59. The number of nitrogens with one attached hydrogen (secondary N) is 2. The van der Waals surface area contributed by atoms with Crippen LogP contribution in [-0.4, -0.2) is 41.5 Å². The minimum atomic E-state index is 0.399. The Balaban J connectivity index is 2.18. The molecule has 2 N–H and O–H groups in total. The van der Waals surface area contributed by atoms with Gasteiger partial charge in [0.05, 0.1) is 11.7 Å². The fourth-order valence-electron chi connectivity index (χ4n) is 2.54. The molecule has 0 bridgehead atoms. The van der Waals surface area contributed by atoms with Crippen molar-refractivity contribution in [3.63, 3.8) is 0 Å². The fraction of sp³-hybridized carbons (Fsp3) is 0.750. The quantitative estimate of drug-likeness (QED) is 0.896. The summed E-state index contributed by atoms with van der Waals surface area (Å²) in [5.74, 6) is 0.977. The van der Waals surface area contributed by atoms with E-state index in [4.69, 9.17) is 0 Å². The van der Waals surface area contributed by atoms with E-state index in [0.717, 1.165) is 17.0 Å². The number of halogens is 1. The Labute approximate surface area is 111 Å². The van der Waals surface area contributed by atoms with Crippen molar-refractivity contribution < 1.29 is 0 Å². The summed E-state index contributed by atoms with van der Waals surface area (Å²) in [5.41, 5.74) is 1.21. The smallest absolute Gasteiger partial charge is 0.129 e. The molecule has 0 amide bonds. The first-order valence-corrected chi connectivity index (χ1v) is 7.12. The van der Waals surface area contributed by atoms with Gasteiger partial charge in [0.25, 0.3) is 0 Å². The molecule has 1 unspecified atom stereocenters. The van der Waals surface area contributed by atoms with Gasteiger partial charge in [0, 0.05) is 6.54 Å². The summed E-state index contributed by atoms with van der Waals surface area (Å²) in [6, 6.07) is 0.399. The molecule has 1 aliphatic rings. The van der Waals surface area contributed by atoms with E-state index in [1.54, 1.807) is 0 Å². The summed E-state index contributed by atoms with van der Waals surface area (Å²) in [5, 5.41) is 3.29. The second kappa shape index (κ2) is 5.98. The number of nitrogens with zero attached hydrogens (tertiary/aromatic N) is 2. The van der Waals surface area contributed by atoms with Gasteiger partial charge in [0.1, 0.15) is 10.4 Å². The molecule has 4 nitrogen and oxygen atoms in total. The molecule has 2 rings (SSSR count). The van der Waals surface area contributed by atoms with Crippen molar-refractivity contribution >= 4 is 15.9 Å². The number of imidazole rings is 1. The first-order chi connectivity index (χ1) is 8.22. The minimum absolute atomic E-state index is 0.399. The van der Waals surface area contributed by atoms with Crippen LogP contribution in [0.3, 0.4) is 0 Å². The Morgan fingerprint density at radius 2 is 2.12 bits per heavy atom. The zero-order valence-corrected chi connectivity index (χ0v) is 12.2. The van der Waals surface area contributed by atoms with E-state index in [0.29, 0.717) is 6.04 Å². The molecule has 1 saturated heterocycles. The number of aryl methyl sites for hydroxylation is 1. The number of piperidine rings is 1. The van der Waals surface area contributed by atoms with Gasteiger partial charge in [0.15, 0.2) is 0 Å². The summed E-state index contributed by atoms with van der Waals surface area (Å²) < 4.78 is 0.959. The normalized spacial score (nSPS) is 19.5. The van der Waals surface area contributed by atoms with Crippen LogP contribution in [0, 0.1) is 6.92 Å². The summed E-state index contributed by atoms with van der Waals surface area (Å²) in [7, 11) is 2.01. The molecule has 1 aliphatic heterocycles. The van der Waals surface area contributed by atoms with Crippen molar-refractivity contribution in [2.45, 2.75) is 32.2 Å². The summed E-state index contributed by atoms with van der Waals surface area (Å²) >= 11 is 3.56. The topological polar surface area (TPSA) is 44.0 Å². The Morgan fingerprint density at radius 1 is 1.41 bits per heavy atom. The van der Waals surface area contributed by atoms with Gasteiger partial charge in [-0.15, -0.1) is 0 Å². The number of H-pyrrole nitrogens is 1. The number of rotatable bonds is 4. The molecule has 0 saturated carbocycles. The Hall–Kier alpha value is -0.390. The van der Waals surface area contributed by atoms with Crippen molar-refractivity contribution in [3.8, 4) is 0 Å². The van der Waals surface area contributed by atoms with Crippen LogP contribution in [0.5, 0.6) is 0 Å². The Bertz CT molecular complexity index is 357. The van der Waals surface area contributed by atoms with Crippen LogP contribution in [0.2, 0.25) is 0 Å². The van der Waals surface area contributed by atoms with E-state index >= 15 is 0 Å². The molecule has 0 aromatic carbocycles. The van der Waals surface area contributed by atoms with Crippen LogP contribution in [0.4, 0.5) is 0 Å². The first kappa shape index (κ1) is 13.1. The highest BCUT2D eigenvalue weighted by Crippen LogP contribution is 2.27. The van der Waals surface area contributed by atoms with Crippen molar-refractivity contribution in [1.82, 2.24) is 20.2 Å². The molecule has 1 aromatic rings. The first-order valence-electron chi connectivity index (χ1n) is 6.33. The average Bonchev–Trinajstić information content (AvgIpc) is 2.66. The lowest BCUT2D eigenvalue weighted by atomic mass is 10.1. The molecule has 96 valence electrons. The molecule has 0 radical (unpaired) electrons. The van der Waals surface area contributed by atoms with E-state index in [-0.39, 0.29) is 0 Å². The predicted octanol–water partition coefficient (Wildman–Crippen LogP) is 2.23. The van der Waals surface area contributed by atoms with Gasteiger partial charge in [-0.1, -0.05) is 6.42 Å². The Morgan fingerprint density at radius 3 is 2.65 bits per heavy atom. The maximum absolute atomic E-state index is 4.42. The number of likely N-dealkylation sites (N-methyl/N-ethyl adjacent to an activating group) is 1. The highest BCUT2D eigenvalue weighted by atomic mass is 79.9. The molecule has 1 fully saturated rings. The highest BCUT2D eigenvalue weighted by molar-refractivity contribution is 9.10. The van der Waals surface area contributed by atoms with Crippen LogP contribution in [-0.2, 0) is 0 Å². The maximum Gasteiger partial charge on any atom is 0.129 e. The predicted molar refractivity (Wildman–Crippen MR) is 73.1 cm³/mol. The van der Waals surface area contributed by atoms with Crippen LogP contribution in [0.15, 0.2) is 4.60 Å². The van der Waals surface area contributed by atoms with Gasteiger partial charge in [-0.2, -0.15) is 0 Å². The van der Waals surface area contributed by atoms with Crippen LogP contribution in [0.25, 0.3) is 0 Å². The molecule has 17 heavy (non-hydrogen) atoms. The lowest BCUT2D eigenvalue weighted by molar-refractivity contribution is 0.159. The second-order valence-electron chi connectivity index (χ2n) is 4.70. The number of aromatic nitrogens is 2. The van der Waals surface area contributed by atoms with Crippen molar-refractivity contribution in [1.29, 1.82) is 0 Å². The number of hydrogen-bond acceptors (Lipinski definition) is 3. The minimum Gasteiger partial charge on any atom is -0.344 e. The van der Waals surface area contributed by atoms with E-state index in [2.05, 4.69) is 36.1 Å². The van der Waals surface area contributed by atoms with Gasteiger partial charge < -0.3 is 10.3 Å². The molecule has 5 heteroatoms. The van der Waals surface area contributed by atoms with Crippen molar-refractivity contribution in [3.05, 3.63) is 16.1 Å². The van der Waals surface area contributed by atoms with Gasteiger partial charge in [0.2, 0.25) is 0 Å². The van der Waals surface area contributed by atoms with Crippen molar-refractivity contribution in [2.75, 3.05) is 26.7 Å². The van der Waals surface area contributed by atoms with Crippen LogP contribution >= 0.6 is 15.9 Å². The lowest BCUT2D eigenvalue weighted by Gasteiger charge is -2.34. The fourth-order valence-corrected chi connectivity index (χ4v) is 3.17. The summed E-state index contributed by atoms with van der Waals surface area (Å²) in [6.45, 7) is 5.34. The zero-order chi connectivity index (χ0) is 12.3. The molecule has 0 aliphatic carbocycles. The standard InChI is InChI=1S/C12H21BrN4/c1-9-15-11(12(13)16-9)10(8-14-2)17-6-4-3-5-7-17/h10,14H,3-8H2,1-2H3,(H,15,16). The van der Waals surface area contributed by atoms with E-state index in [1.807, 2.05) is 14.0 Å². The molecular formula is C12H21BrN4. The molecular weight excluding hydrogens is 280 g/mol. The zero-order valence-electron chi connectivity index (χ0n) is 10.6. The molecule has 0 spiro atoms. The average molecular weight is 301 g/mol. The number of likely N-dealkylation sites (tertiary alicyclic amines) is 1. The van der Waals surface area contributed by atoms with Gasteiger partial charge in [-0.25, -0.2) is 4.98 Å². The summed E-state index contributed by atoms with van der Waals surface area (Å²) in [4.78, 5) is 10.4. The van der Waals surface area contributed by atoms with E-state index in [9.17, 15) is 0 Å². The van der Waals surface area contributed by atoms with E-state index in [1.165, 1.54) is 38.0 Å². The highest BCUT2D eigenvalue weighted by Gasteiger charge is 2.25. The molecule has 2 heterocycles. The monoisotopic (exact) mass is 300 g/mol. The third-order valence-electron chi connectivity index (χ3n) is 3.37. The van der Waals surface area contributed by atoms with E-state index < -0.39 is 0 Å². The van der Waals surface area contributed by atoms with Gasteiger partial charge in [-0.05, 0) is 55.8 Å². The van der Waals surface area contributed by atoms with Crippen molar-refractivity contribution in [2.24, 2.45) is 0 Å². The maximum atomic E-state index is 4.42. The lowest BCUT2D eigenvalue weighted by Crippen LogP contribution is -2.38. The third-order valence-corrected chi connectivity index (χ3v) is 3.97. The van der Waals surface area contributed by atoms with Gasteiger partial charge >= 0.3 is 0 Å². The SMILES string of the molecule is CNCC(c1[nH]c(C)nc1Br)N1CCCCC1. The molecule has 1 aromatic heterocycles. The molecule has 1 atom stereocenters. The summed E-state index contributed by atoms with van der Waals surface area (Å²) in [6.07, 6.45) is 3.99. The largest absolute Gasteiger partial charge is 0.344 e.